The third-order valence-corrected chi connectivity index (χ3v) is 3.24. The Morgan fingerprint density at radius 3 is 2.52 bits per heavy atom. The molecule has 1 atom stereocenters. The van der Waals surface area contributed by atoms with Gasteiger partial charge in [-0.2, -0.15) is 0 Å². The van der Waals surface area contributed by atoms with Crippen molar-refractivity contribution >= 4 is 75.5 Å². The van der Waals surface area contributed by atoms with E-state index in [1.807, 2.05) is 0 Å². The van der Waals surface area contributed by atoms with Crippen molar-refractivity contribution in [1.29, 1.82) is 0 Å². The van der Waals surface area contributed by atoms with Crippen molar-refractivity contribution in [2.24, 2.45) is 0 Å². The van der Waals surface area contributed by atoms with Gasteiger partial charge in [0.25, 0.3) is 0 Å². The summed E-state index contributed by atoms with van der Waals surface area (Å²) in [7, 11) is 1.19. The van der Waals surface area contributed by atoms with Crippen LogP contribution < -0.4 is 16.0 Å². The van der Waals surface area contributed by atoms with E-state index in [1.54, 1.807) is 24.3 Å². The van der Waals surface area contributed by atoms with Crippen molar-refractivity contribution in [3.63, 3.8) is 0 Å². The van der Waals surface area contributed by atoms with Gasteiger partial charge in [-0.15, -0.1) is 0 Å². The summed E-state index contributed by atoms with van der Waals surface area (Å²) in [6.45, 7) is 0. The van der Waals surface area contributed by atoms with Crippen molar-refractivity contribution in [2.75, 3.05) is 12.4 Å². The van der Waals surface area contributed by atoms with E-state index in [1.165, 1.54) is 7.11 Å². The average molecular weight is 391 g/mol. The van der Waals surface area contributed by atoms with Crippen LogP contribution in [0, 0.1) is 0 Å². The minimum absolute atomic E-state index is 0.130. The Balaban J connectivity index is 2.70. The first-order chi connectivity index (χ1) is 9.72. The molecule has 0 aromatic heterocycles. The van der Waals surface area contributed by atoms with Gasteiger partial charge in [0.1, 0.15) is 0 Å². The smallest absolute Gasteiger partial charge is 0.408 e. The van der Waals surface area contributed by atoms with Crippen LogP contribution in [-0.4, -0.2) is 28.3 Å². The number of ether oxygens (including phenoxy) is 1. The summed E-state index contributed by atoms with van der Waals surface area (Å²) in [5.41, 5.74) is 0.640. The Morgan fingerprint density at radius 1 is 1.33 bits per heavy atom. The van der Waals surface area contributed by atoms with E-state index in [4.69, 9.17) is 58.6 Å². The van der Waals surface area contributed by atoms with E-state index in [9.17, 15) is 4.79 Å². The standard InChI is InChI=1S/C11H11Cl4N3O2S/c1-20-10(19)18-8(11(13,14)15)17-9(21)16-7-4-2-3-6(12)5-7/h2-5,8H,1H3,(H,18,19)(H2,16,17,21). The van der Waals surface area contributed by atoms with Gasteiger partial charge in [0.2, 0.25) is 3.79 Å². The molecule has 10 heteroatoms. The summed E-state index contributed by atoms with van der Waals surface area (Å²) in [4.78, 5) is 11.2. The van der Waals surface area contributed by atoms with Gasteiger partial charge in [-0.3, -0.25) is 5.32 Å². The number of hydrogen-bond donors (Lipinski definition) is 3. The van der Waals surface area contributed by atoms with Crippen LogP contribution in [0.1, 0.15) is 0 Å². The van der Waals surface area contributed by atoms with Crippen LogP contribution >= 0.6 is 58.6 Å². The molecule has 0 heterocycles. The van der Waals surface area contributed by atoms with Crippen molar-refractivity contribution in [3.8, 4) is 0 Å². The third-order valence-electron chi connectivity index (χ3n) is 2.13. The molecule has 5 nitrogen and oxygen atoms in total. The quantitative estimate of drug-likeness (QED) is 0.417. The number of nitrogens with one attached hydrogen (secondary N) is 3. The average Bonchev–Trinajstić information content (AvgIpc) is 2.36. The fourth-order valence-electron chi connectivity index (χ4n) is 1.24. The molecular weight excluding hydrogens is 380 g/mol. The van der Waals surface area contributed by atoms with Crippen LogP contribution in [0.5, 0.6) is 0 Å². The van der Waals surface area contributed by atoms with Gasteiger partial charge in [-0.1, -0.05) is 52.5 Å². The van der Waals surface area contributed by atoms with E-state index >= 15 is 0 Å². The van der Waals surface area contributed by atoms with E-state index in [2.05, 4.69) is 20.7 Å². The van der Waals surface area contributed by atoms with Gasteiger partial charge >= 0.3 is 6.09 Å². The maximum Gasteiger partial charge on any atom is 0.408 e. The molecule has 1 rings (SSSR count). The van der Waals surface area contributed by atoms with Gasteiger partial charge in [-0.25, -0.2) is 4.79 Å². The Hall–Kier alpha value is -0.660. The molecular formula is C11H11Cl4N3O2S. The summed E-state index contributed by atoms with van der Waals surface area (Å²) in [6.07, 6.45) is -1.86. The summed E-state index contributed by atoms with van der Waals surface area (Å²) < 4.78 is 2.61. The van der Waals surface area contributed by atoms with Crippen LogP contribution in [-0.2, 0) is 4.74 Å². The maximum atomic E-state index is 11.2. The van der Waals surface area contributed by atoms with Crippen molar-refractivity contribution in [2.45, 2.75) is 9.96 Å². The number of methoxy groups -OCH3 is 1. The molecule has 1 amide bonds. The van der Waals surface area contributed by atoms with E-state index in [0.29, 0.717) is 10.7 Å². The Kier molecular flexibility index (Phi) is 7.09. The molecule has 0 bridgehead atoms. The summed E-state index contributed by atoms with van der Waals surface area (Å²) in [5, 5.41) is 8.48. The highest BCUT2D eigenvalue weighted by molar-refractivity contribution is 7.80. The second-order valence-electron chi connectivity index (χ2n) is 3.72. The van der Waals surface area contributed by atoms with Crippen molar-refractivity contribution in [1.82, 2.24) is 10.6 Å². The van der Waals surface area contributed by atoms with Crippen molar-refractivity contribution < 1.29 is 9.53 Å². The third kappa shape index (κ3) is 6.76. The Labute approximate surface area is 147 Å². The lowest BCUT2D eigenvalue weighted by Gasteiger charge is -2.27. The predicted octanol–water partition coefficient (Wildman–Crippen LogP) is 3.68. The predicted molar refractivity (Wildman–Crippen MR) is 90.4 cm³/mol. The molecule has 0 aliphatic heterocycles. The van der Waals surface area contributed by atoms with Crippen LogP contribution in [0.3, 0.4) is 0 Å². The second-order valence-corrected chi connectivity index (χ2v) is 6.93. The highest BCUT2D eigenvalue weighted by Crippen LogP contribution is 2.29. The lowest BCUT2D eigenvalue weighted by molar-refractivity contribution is 0.166. The number of benzene rings is 1. The first-order valence-corrected chi connectivity index (χ1v) is 7.38. The number of amides is 1. The number of rotatable bonds is 3. The topological polar surface area (TPSA) is 62.4 Å². The highest BCUT2D eigenvalue weighted by atomic mass is 35.6. The van der Waals surface area contributed by atoms with Gasteiger partial charge in [0.15, 0.2) is 11.3 Å². The maximum absolute atomic E-state index is 11.2. The molecule has 1 aromatic rings. The fourth-order valence-corrected chi connectivity index (χ4v) is 1.99. The molecule has 1 aromatic carbocycles. The number of carbonyl (C=O) groups excluding carboxylic acids is 1. The van der Waals surface area contributed by atoms with Crippen LogP contribution in [0.4, 0.5) is 10.5 Å². The highest BCUT2D eigenvalue weighted by Gasteiger charge is 2.34. The largest absolute Gasteiger partial charge is 0.453 e. The van der Waals surface area contributed by atoms with Gasteiger partial charge in [0.05, 0.1) is 7.11 Å². The first-order valence-electron chi connectivity index (χ1n) is 5.46. The zero-order valence-corrected chi connectivity index (χ0v) is 14.5. The number of hydrogen-bond acceptors (Lipinski definition) is 3. The lowest BCUT2D eigenvalue weighted by atomic mass is 10.3. The van der Waals surface area contributed by atoms with Crippen molar-refractivity contribution in [3.05, 3.63) is 29.3 Å². The zero-order chi connectivity index (χ0) is 16.0. The molecule has 0 aliphatic rings. The zero-order valence-electron chi connectivity index (χ0n) is 10.6. The van der Waals surface area contributed by atoms with Crippen LogP contribution in [0.25, 0.3) is 0 Å². The number of carbonyl (C=O) groups is 1. The summed E-state index contributed by atoms with van der Waals surface area (Å²) >= 11 is 28.2. The van der Waals surface area contributed by atoms with Crippen LogP contribution in [0.2, 0.25) is 5.02 Å². The molecule has 0 fully saturated rings. The number of alkyl halides is 3. The monoisotopic (exact) mass is 389 g/mol. The molecule has 0 spiro atoms. The van der Waals surface area contributed by atoms with E-state index in [0.717, 1.165) is 0 Å². The Bertz CT molecular complexity index is 524. The van der Waals surface area contributed by atoms with E-state index in [-0.39, 0.29) is 5.11 Å². The molecule has 1 unspecified atom stereocenters. The number of alkyl carbamates (subject to hydrolysis) is 1. The molecule has 0 saturated carbocycles. The summed E-state index contributed by atoms with van der Waals surface area (Å²) in [6, 6.07) is 6.87. The van der Waals surface area contributed by atoms with E-state index < -0.39 is 16.1 Å². The minimum Gasteiger partial charge on any atom is -0.453 e. The van der Waals surface area contributed by atoms with Gasteiger partial charge in [-0.05, 0) is 30.4 Å². The lowest BCUT2D eigenvalue weighted by Crippen LogP contribution is -2.56. The number of halogens is 4. The Morgan fingerprint density at radius 2 is 2.00 bits per heavy atom. The summed E-state index contributed by atoms with van der Waals surface area (Å²) in [5.74, 6) is 0. The number of anilines is 1. The second kappa shape index (κ2) is 8.10. The normalized spacial score (nSPS) is 12.2. The molecule has 116 valence electrons. The minimum atomic E-state index is -1.84. The fraction of sp³-hybridized carbons (Fsp3) is 0.273. The first kappa shape index (κ1) is 18.4. The molecule has 21 heavy (non-hydrogen) atoms. The number of thiocarbonyl (C=S) groups is 1. The van der Waals surface area contributed by atoms with Gasteiger partial charge < -0.3 is 15.4 Å². The van der Waals surface area contributed by atoms with Crippen LogP contribution in [0.15, 0.2) is 24.3 Å². The molecule has 3 N–H and O–H groups in total. The molecule has 0 radical (unpaired) electrons. The molecule has 0 saturated heterocycles. The molecule has 0 aliphatic carbocycles. The SMILES string of the molecule is COC(=O)NC(NC(=S)Nc1cccc(Cl)c1)C(Cl)(Cl)Cl. The van der Waals surface area contributed by atoms with Gasteiger partial charge in [0, 0.05) is 10.7 Å².